The smallest absolute Gasteiger partial charge is 0.292 e. The molecule has 1 aliphatic heterocycles. The summed E-state index contributed by atoms with van der Waals surface area (Å²) >= 11 is 0. The predicted molar refractivity (Wildman–Crippen MR) is 109 cm³/mol. The van der Waals surface area contributed by atoms with Crippen molar-refractivity contribution in [2.75, 3.05) is 13.1 Å². The minimum atomic E-state index is -0.116. The molecular formula is C22H22N6O2. The van der Waals surface area contributed by atoms with Gasteiger partial charge in [-0.15, -0.1) is 0 Å². The van der Waals surface area contributed by atoms with Crippen LogP contribution in [0.25, 0.3) is 22.4 Å². The zero-order valence-corrected chi connectivity index (χ0v) is 16.7. The lowest BCUT2D eigenvalue weighted by atomic mass is 9.65. The number of carbonyl (C=O) groups excluding carboxylic acids is 1. The highest BCUT2D eigenvalue weighted by Crippen LogP contribution is 2.48. The summed E-state index contributed by atoms with van der Waals surface area (Å²) in [4.78, 5) is 14.7. The standard InChI is InChI=1S/C22H22N6O2/c1-27-12-17(11-25-27)15-2-4-16(5-3-15)19-8-20(30-26-19)21(29)28-7-6-22(13-28)9-18(10-22)24-14-23/h2-5,8,11-12,18,24H,6-7,9-10,13H2,1H3. The van der Waals surface area contributed by atoms with Gasteiger partial charge in [0.2, 0.25) is 5.76 Å². The summed E-state index contributed by atoms with van der Waals surface area (Å²) in [6.45, 7) is 1.43. The first-order valence-electron chi connectivity index (χ1n) is 10.1. The molecular weight excluding hydrogens is 380 g/mol. The molecule has 1 saturated heterocycles. The molecule has 3 aromatic rings. The first-order valence-corrected chi connectivity index (χ1v) is 10.1. The van der Waals surface area contributed by atoms with Gasteiger partial charge in [-0.2, -0.15) is 10.4 Å². The molecule has 1 spiro atoms. The van der Waals surface area contributed by atoms with Gasteiger partial charge in [0.05, 0.1) is 6.20 Å². The van der Waals surface area contributed by atoms with E-state index in [1.165, 1.54) is 0 Å². The van der Waals surface area contributed by atoms with Crippen LogP contribution in [0.15, 0.2) is 47.2 Å². The Balaban J connectivity index is 1.26. The van der Waals surface area contributed by atoms with Gasteiger partial charge >= 0.3 is 0 Å². The Labute approximate surface area is 174 Å². The summed E-state index contributed by atoms with van der Waals surface area (Å²) in [7, 11) is 1.89. The van der Waals surface area contributed by atoms with Crippen LogP contribution in [-0.4, -0.2) is 44.9 Å². The van der Waals surface area contributed by atoms with Crippen molar-refractivity contribution in [1.82, 2.24) is 25.2 Å². The van der Waals surface area contributed by atoms with Gasteiger partial charge < -0.3 is 14.7 Å². The van der Waals surface area contributed by atoms with Gasteiger partial charge in [0.15, 0.2) is 6.19 Å². The van der Waals surface area contributed by atoms with Crippen LogP contribution in [0.1, 0.15) is 29.8 Å². The Hall–Kier alpha value is -3.60. The maximum atomic E-state index is 12.9. The Morgan fingerprint density at radius 2 is 2.03 bits per heavy atom. The highest BCUT2D eigenvalue weighted by atomic mass is 16.5. The van der Waals surface area contributed by atoms with E-state index < -0.39 is 0 Å². The number of nitrogens with one attached hydrogen (secondary N) is 1. The molecule has 8 heteroatoms. The van der Waals surface area contributed by atoms with Gasteiger partial charge in [-0.1, -0.05) is 29.4 Å². The van der Waals surface area contributed by atoms with E-state index in [9.17, 15) is 4.79 Å². The fourth-order valence-electron chi connectivity index (χ4n) is 4.69. The van der Waals surface area contributed by atoms with Crippen molar-refractivity contribution in [2.24, 2.45) is 12.5 Å². The van der Waals surface area contributed by atoms with Gasteiger partial charge in [0.1, 0.15) is 5.69 Å². The fraction of sp³-hybridized carbons (Fsp3) is 0.364. The number of nitriles is 1. The number of rotatable bonds is 4. The topological polar surface area (TPSA) is 100.0 Å². The molecule has 0 bridgehead atoms. The molecule has 1 aromatic carbocycles. The molecule has 2 aliphatic rings. The highest BCUT2D eigenvalue weighted by Gasteiger charge is 2.49. The van der Waals surface area contributed by atoms with Crippen molar-refractivity contribution in [3.63, 3.8) is 0 Å². The molecule has 1 N–H and O–H groups in total. The summed E-state index contributed by atoms with van der Waals surface area (Å²) < 4.78 is 7.15. The van der Waals surface area contributed by atoms with Gasteiger partial charge in [0.25, 0.3) is 5.91 Å². The van der Waals surface area contributed by atoms with Crippen molar-refractivity contribution in [3.05, 3.63) is 48.5 Å². The molecule has 30 heavy (non-hydrogen) atoms. The molecule has 1 amide bonds. The van der Waals surface area contributed by atoms with Crippen LogP contribution in [0.4, 0.5) is 0 Å². The van der Waals surface area contributed by atoms with Gasteiger partial charge in [-0.05, 0) is 30.2 Å². The largest absolute Gasteiger partial charge is 0.350 e. The van der Waals surface area contributed by atoms with E-state index in [4.69, 9.17) is 9.78 Å². The molecule has 0 atom stereocenters. The first kappa shape index (κ1) is 18.4. The quantitative estimate of drug-likeness (QED) is 0.532. The monoisotopic (exact) mass is 402 g/mol. The van der Waals surface area contributed by atoms with Gasteiger partial charge in [-0.3, -0.25) is 9.48 Å². The number of benzene rings is 1. The van der Waals surface area contributed by atoms with Gasteiger partial charge in [-0.25, -0.2) is 0 Å². The normalized spacial score (nSPS) is 22.7. The van der Waals surface area contributed by atoms with E-state index in [2.05, 4.69) is 15.6 Å². The van der Waals surface area contributed by atoms with E-state index in [0.717, 1.165) is 36.0 Å². The minimum Gasteiger partial charge on any atom is -0.350 e. The number of amides is 1. The SMILES string of the molecule is Cn1cc(-c2ccc(-c3cc(C(=O)N4CCC5(CC(NC#N)C5)C4)on3)cc2)cn1. The second-order valence-corrected chi connectivity index (χ2v) is 8.39. The van der Waals surface area contributed by atoms with Crippen LogP contribution in [0.2, 0.25) is 0 Å². The summed E-state index contributed by atoms with van der Waals surface area (Å²) in [6.07, 6.45) is 8.65. The molecule has 1 aliphatic carbocycles. The van der Waals surface area contributed by atoms with Crippen LogP contribution in [0.5, 0.6) is 0 Å². The molecule has 3 heterocycles. The van der Waals surface area contributed by atoms with Crippen molar-refractivity contribution < 1.29 is 9.32 Å². The third-order valence-corrected chi connectivity index (χ3v) is 6.29. The molecule has 5 rings (SSSR count). The van der Waals surface area contributed by atoms with Crippen LogP contribution >= 0.6 is 0 Å². The maximum absolute atomic E-state index is 12.9. The number of nitrogens with zero attached hydrogens (tertiary/aromatic N) is 5. The number of hydrogen-bond donors (Lipinski definition) is 1. The molecule has 0 unspecified atom stereocenters. The molecule has 152 valence electrons. The molecule has 0 radical (unpaired) electrons. The van der Waals surface area contributed by atoms with Crippen LogP contribution in [0.3, 0.4) is 0 Å². The maximum Gasteiger partial charge on any atom is 0.292 e. The van der Waals surface area contributed by atoms with E-state index in [-0.39, 0.29) is 23.1 Å². The number of aryl methyl sites for hydroxylation is 1. The Kier molecular flexibility index (Phi) is 4.31. The molecule has 8 nitrogen and oxygen atoms in total. The Morgan fingerprint density at radius 1 is 1.27 bits per heavy atom. The van der Waals surface area contributed by atoms with E-state index >= 15 is 0 Å². The van der Waals surface area contributed by atoms with E-state index in [1.807, 2.05) is 54.8 Å². The number of hydrogen-bond acceptors (Lipinski definition) is 6. The zero-order chi connectivity index (χ0) is 20.7. The number of carbonyl (C=O) groups is 1. The predicted octanol–water partition coefficient (Wildman–Crippen LogP) is 2.81. The first-order chi connectivity index (χ1) is 14.5. The lowest BCUT2D eigenvalue weighted by Crippen LogP contribution is -2.49. The lowest BCUT2D eigenvalue weighted by Gasteiger charge is -2.44. The lowest BCUT2D eigenvalue weighted by molar-refractivity contribution is 0.0646. The Bertz CT molecular complexity index is 1120. The third kappa shape index (κ3) is 3.22. The van der Waals surface area contributed by atoms with E-state index in [1.54, 1.807) is 10.7 Å². The van der Waals surface area contributed by atoms with Crippen molar-refractivity contribution >= 4 is 5.91 Å². The van der Waals surface area contributed by atoms with Crippen molar-refractivity contribution in [1.29, 1.82) is 5.26 Å². The van der Waals surface area contributed by atoms with Crippen molar-refractivity contribution in [3.8, 4) is 28.6 Å². The second-order valence-electron chi connectivity index (χ2n) is 8.39. The molecule has 2 aromatic heterocycles. The molecule has 2 fully saturated rings. The van der Waals surface area contributed by atoms with Crippen LogP contribution in [0, 0.1) is 16.9 Å². The second kappa shape index (κ2) is 7.02. The fourth-order valence-corrected chi connectivity index (χ4v) is 4.69. The summed E-state index contributed by atoms with van der Waals surface area (Å²) in [6, 6.07) is 9.92. The molecule has 1 saturated carbocycles. The summed E-state index contributed by atoms with van der Waals surface area (Å²) in [5, 5.41) is 19.9. The van der Waals surface area contributed by atoms with Crippen LogP contribution in [-0.2, 0) is 7.05 Å². The number of likely N-dealkylation sites (tertiary alicyclic amines) is 1. The summed E-state index contributed by atoms with van der Waals surface area (Å²) in [5.74, 6) is 0.152. The average molecular weight is 402 g/mol. The minimum absolute atomic E-state index is 0.116. The van der Waals surface area contributed by atoms with Gasteiger partial charge in [0, 0.05) is 49.6 Å². The van der Waals surface area contributed by atoms with Crippen molar-refractivity contribution in [2.45, 2.75) is 25.3 Å². The van der Waals surface area contributed by atoms with Crippen LogP contribution < -0.4 is 5.32 Å². The third-order valence-electron chi connectivity index (χ3n) is 6.29. The zero-order valence-electron chi connectivity index (χ0n) is 16.7. The van der Waals surface area contributed by atoms with E-state index in [0.29, 0.717) is 18.8 Å². The Morgan fingerprint density at radius 3 is 2.73 bits per heavy atom. The average Bonchev–Trinajstić information content (AvgIpc) is 3.47. The number of aromatic nitrogens is 3. The summed E-state index contributed by atoms with van der Waals surface area (Å²) in [5.41, 5.74) is 3.81. The highest BCUT2D eigenvalue weighted by molar-refractivity contribution is 5.92.